The average molecular weight is 278 g/mol. The highest BCUT2D eigenvalue weighted by Crippen LogP contribution is 2.28. The topological polar surface area (TPSA) is 65.1 Å². The summed E-state index contributed by atoms with van der Waals surface area (Å²) in [4.78, 5) is 14.3. The third-order valence-corrected chi connectivity index (χ3v) is 3.91. The molecule has 1 aliphatic carbocycles. The molecule has 20 heavy (non-hydrogen) atoms. The van der Waals surface area contributed by atoms with E-state index in [1.165, 1.54) is 5.56 Å². The maximum Gasteiger partial charge on any atom is 0.248 e. The predicted molar refractivity (Wildman–Crippen MR) is 80.8 cm³/mol. The minimum absolute atomic E-state index is 0.0313. The van der Waals surface area contributed by atoms with Gasteiger partial charge in [-0.25, -0.2) is 0 Å². The Bertz CT molecular complexity index is 505. The van der Waals surface area contributed by atoms with Gasteiger partial charge in [-0.2, -0.15) is 0 Å². The maximum atomic E-state index is 11.4. The molecule has 0 aromatic carbocycles. The van der Waals surface area contributed by atoms with Crippen molar-refractivity contribution in [2.45, 2.75) is 58.1 Å². The molecule has 0 bridgehead atoms. The van der Waals surface area contributed by atoms with Gasteiger partial charge in [0.2, 0.25) is 5.56 Å². The van der Waals surface area contributed by atoms with Crippen LogP contribution in [0.25, 0.3) is 0 Å². The number of aryl methyl sites for hydroxylation is 1. The van der Waals surface area contributed by atoms with E-state index in [0.29, 0.717) is 12.5 Å². The Kier molecular flexibility index (Phi) is 4.66. The molecule has 2 atom stereocenters. The third kappa shape index (κ3) is 3.93. The summed E-state index contributed by atoms with van der Waals surface area (Å²) in [6.07, 6.45) is 3.84. The smallest absolute Gasteiger partial charge is 0.248 e. The highest BCUT2D eigenvalue weighted by atomic mass is 16.3. The number of nitrogens with one attached hydrogen (secondary N) is 2. The summed E-state index contributed by atoms with van der Waals surface area (Å²) in [6.45, 7) is 6.70. The van der Waals surface area contributed by atoms with E-state index in [2.05, 4.69) is 24.1 Å². The summed E-state index contributed by atoms with van der Waals surface area (Å²) >= 11 is 0. The molecule has 0 amide bonds. The van der Waals surface area contributed by atoms with E-state index in [1.54, 1.807) is 6.07 Å². The highest BCUT2D eigenvalue weighted by molar-refractivity contribution is 5.26. The number of hydrogen-bond acceptors (Lipinski definition) is 3. The number of pyridine rings is 1. The first-order valence-corrected chi connectivity index (χ1v) is 7.55. The van der Waals surface area contributed by atoms with Crippen molar-refractivity contribution in [3.05, 3.63) is 33.7 Å². The van der Waals surface area contributed by atoms with Gasteiger partial charge in [0.15, 0.2) is 0 Å². The fourth-order valence-electron chi connectivity index (χ4n) is 3.21. The number of aromatic nitrogens is 1. The molecule has 0 radical (unpaired) electrons. The van der Waals surface area contributed by atoms with Crippen LogP contribution in [0.5, 0.6) is 0 Å². The molecule has 1 aromatic rings. The third-order valence-electron chi connectivity index (χ3n) is 3.91. The largest absolute Gasteiger partial charge is 0.389 e. The first-order valence-electron chi connectivity index (χ1n) is 7.55. The molecule has 4 heteroatoms. The number of hydrogen-bond donors (Lipinski definition) is 3. The van der Waals surface area contributed by atoms with Gasteiger partial charge in [0, 0.05) is 24.3 Å². The van der Waals surface area contributed by atoms with E-state index < -0.39 is 5.60 Å². The molecular formula is C16H26N2O2. The number of aromatic amines is 1. The minimum Gasteiger partial charge on any atom is -0.389 e. The number of aliphatic hydroxyl groups is 1. The van der Waals surface area contributed by atoms with Crippen LogP contribution in [-0.2, 0) is 6.42 Å². The van der Waals surface area contributed by atoms with Crippen LogP contribution in [-0.4, -0.2) is 22.2 Å². The lowest BCUT2D eigenvalue weighted by atomic mass is 9.89. The van der Waals surface area contributed by atoms with Gasteiger partial charge in [-0.3, -0.25) is 4.79 Å². The van der Waals surface area contributed by atoms with Crippen molar-refractivity contribution in [2.24, 2.45) is 5.92 Å². The Morgan fingerprint density at radius 1 is 1.50 bits per heavy atom. The van der Waals surface area contributed by atoms with E-state index in [0.717, 1.165) is 31.4 Å². The average Bonchev–Trinajstić information content (AvgIpc) is 2.34. The van der Waals surface area contributed by atoms with Crippen molar-refractivity contribution in [2.75, 3.05) is 6.54 Å². The molecular weight excluding hydrogens is 252 g/mol. The van der Waals surface area contributed by atoms with Crippen LogP contribution in [0.15, 0.2) is 16.9 Å². The molecule has 2 rings (SSSR count). The van der Waals surface area contributed by atoms with Crippen molar-refractivity contribution in [3.8, 4) is 0 Å². The standard InChI is InChI=1S/C16H26N2O2/c1-11(2)9-16(3,20)10-17-13-5-4-6-14-12(13)7-8-15(19)18-14/h7-8,11,13,17,20H,4-6,9-10H2,1-3H3,(H,18,19). The van der Waals surface area contributed by atoms with Gasteiger partial charge in [-0.05, 0) is 44.1 Å². The van der Waals surface area contributed by atoms with Crippen LogP contribution >= 0.6 is 0 Å². The lowest BCUT2D eigenvalue weighted by Crippen LogP contribution is -2.41. The Morgan fingerprint density at radius 2 is 2.25 bits per heavy atom. The fourth-order valence-corrected chi connectivity index (χ4v) is 3.21. The summed E-state index contributed by atoms with van der Waals surface area (Å²) in [5.74, 6) is 0.474. The van der Waals surface area contributed by atoms with Crippen LogP contribution in [0.1, 0.15) is 57.3 Å². The summed E-state index contributed by atoms with van der Waals surface area (Å²) in [5, 5.41) is 13.9. The van der Waals surface area contributed by atoms with Crippen LogP contribution in [0.3, 0.4) is 0 Å². The Labute approximate surface area is 120 Å². The van der Waals surface area contributed by atoms with Gasteiger partial charge in [-0.1, -0.05) is 19.9 Å². The van der Waals surface area contributed by atoms with E-state index in [4.69, 9.17) is 0 Å². The molecule has 0 saturated heterocycles. The zero-order valence-corrected chi connectivity index (χ0v) is 12.7. The molecule has 0 spiro atoms. The highest BCUT2D eigenvalue weighted by Gasteiger charge is 2.26. The van der Waals surface area contributed by atoms with Gasteiger partial charge in [0.1, 0.15) is 0 Å². The summed E-state index contributed by atoms with van der Waals surface area (Å²) in [5.41, 5.74) is 1.51. The van der Waals surface area contributed by atoms with Gasteiger partial charge in [0.25, 0.3) is 0 Å². The van der Waals surface area contributed by atoms with Gasteiger partial charge in [0.05, 0.1) is 5.60 Å². The van der Waals surface area contributed by atoms with E-state index in [1.807, 2.05) is 13.0 Å². The lowest BCUT2D eigenvalue weighted by Gasteiger charge is -2.31. The normalized spacial score (nSPS) is 21.6. The Balaban J connectivity index is 2.03. The molecule has 1 heterocycles. The number of H-pyrrole nitrogens is 1. The summed E-state index contributed by atoms with van der Waals surface area (Å²) in [6, 6.07) is 3.74. The van der Waals surface area contributed by atoms with Crippen molar-refractivity contribution in [1.29, 1.82) is 0 Å². The second-order valence-corrected chi connectivity index (χ2v) is 6.68. The molecule has 112 valence electrons. The van der Waals surface area contributed by atoms with Crippen LogP contribution in [0, 0.1) is 5.92 Å². The van der Waals surface area contributed by atoms with Crippen molar-refractivity contribution in [3.63, 3.8) is 0 Å². The molecule has 1 aliphatic rings. The van der Waals surface area contributed by atoms with Crippen LogP contribution in [0.4, 0.5) is 0 Å². The monoisotopic (exact) mass is 278 g/mol. The first-order chi connectivity index (χ1) is 9.37. The second kappa shape index (κ2) is 6.10. The Morgan fingerprint density at radius 3 is 2.95 bits per heavy atom. The van der Waals surface area contributed by atoms with E-state index >= 15 is 0 Å². The minimum atomic E-state index is -0.687. The zero-order valence-electron chi connectivity index (χ0n) is 12.7. The Hall–Kier alpha value is -1.13. The predicted octanol–water partition coefficient (Wildman–Crippen LogP) is 2.14. The molecule has 2 unspecified atom stereocenters. The van der Waals surface area contributed by atoms with Crippen molar-refractivity contribution in [1.82, 2.24) is 10.3 Å². The molecule has 4 nitrogen and oxygen atoms in total. The molecule has 0 saturated carbocycles. The maximum absolute atomic E-state index is 11.4. The van der Waals surface area contributed by atoms with Gasteiger partial charge in [-0.15, -0.1) is 0 Å². The SMILES string of the molecule is CC(C)CC(C)(O)CNC1CCCc2[nH]c(=O)ccc21. The van der Waals surface area contributed by atoms with Gasteiger partial charge < -0.3 is 15.4 Å². The quantitative estimate of drug-likeness (QED) is 0.773. The summed E-state index contributed by atoms with van der Waals surface area (Å²) < 4.78 is 0. The molecule has 0 fully saturated rings. The lowest BCUT2D eigenvalue weighted by molar-refractivity contribution is 0.0352. The van der Waals surface area contributed by atoms with Crippen LogP contribution < -0.4 is 10.9 Å². The van der Waals surface area contributed by atoms with Crippen LogP contribution in [0.2, 0.25) is 0 Å². The van der Waals surface area contributed by atoms with Gasteiger partial charge >= 0.3 is 0 Å². The number of fused-ring (bicyclic) bond motifs is 1. The van der Waals surface area contributed by atoms with Crippen molar-refractivity contribution >= 4 is 0 Å². The van der Waals surface area contributed by atoms with E-state index in [-0.39, 0.29) is 11.6 Å². The van der Waals surface area contributed by atoms with Crippen molar-refractivity contribution < 1.29 is 5.11 Å². The second-order valence-electron chi connectivity index (χ2n) is 6.68. The summed E-state index contributed by atoms with van der Waals surface area (Å²) in [7, 11) is 0. The fraction of sp³-hybridized carbons (Fsp3) is 0.688. The molecule has 3 N–H and O–H groups in total. The molecule has 0 aliphatic heterocycles. The number of rotatable bonds is 5. The van der Waals surface area contributed by atoms with E-state index in [9.17, 15) is 9.90 Å². The molecule has 1 aromatic heterocycles. The zero-order chi connectivity index (χ0) is 14.8. The first kappa shape index (κ1) is 15.3.